The molecule has 110 valence electrons. The van der Waals surface area contributed by atoms with Crippen molar-refractivity contribution < 1.29 is 9.59 Å². The van der Waals surface area contributed by atoms with Gasteiger partial charge in [-0.05, 0) is 31.0 Å². The lowest BCUT2D eigenvalue weighted by molar-refractivity contribution is -0.116. The average molecular weight is 362 g/mol. The maximum Gasteiger partial charge on any atom is 0.255 e. The van der Waals surface area contributed by atoms with Crippen molar-refractivity contribution in [2.24, 2.45) is 0 Å². The molecule has 0 heterocycles. The summed E-state index contributed by atoms with van der Waals surface area (Å²) in [6.07, 6.45) is 2.16. The monoisotopic (exact) mass is 360 g/mol. The molecule has 1 rings (SSSR count). The Balaban J connectivity index is 2.84. The maximum atomic E-state index is 12.0. The molecular weight excluding hydrogens is 344 g/mol. The summed E-state index contributed by atoms with van der Waals surface area (Å²) >= 11 is 9.25. The van der Waals surface area contributed by atoms with Gasteiger partial charge in [0.25, 0.3) is 5.91 Å². The third kappa shape index (κ3) is 5.13. The van der Waals surface area contributed by atoms with Crippen LogP contribution >= 0.6 is 27.5 Å². The van der Waals surface area contributed by atoms with Crippen LogP contribution in [0.5, 0.6) is 0 Å². The van der Waals surface area contributed by atoms with Crippen molar-refractivity contribution >= 4 is 45.0 Å². The van der Waals surface area contributed by atoms with Gasteiger partial charge in [0.2, 0.25) is 5.91 Å². The fourth-order valence-electron chi connectivity index (χ4n) is 1.64. The molecular formula is C14H18BrClN2O2. The standard InChI is InChI=1S/C14H18BrClN2O2/c1-18(2)14(20)11-7-6-10(16)9-12(11)17-13(19)5-3-4-8-15/h6-7,9H,3-5,8H2,1-2H3,(H,17,19). The smallest absolute Gasteiger partial charge is 0.255 e. The summed E-state index contributed by atoms with van der Waals surface area (Å²) < 4.78 is 0. The molecule has 4 nitrogen and oxygen atoms in total. The van der Waals surface area contributed by atoms with E-state index in [1.165, 1.54) is 4.90 Å². The molecule has 0 aliphatic carbocycles. The summed E-state index contributed by atoms with van der Waals surface area (Å²) in [7, 11) is 3.33. The predicted molar refractivity (Wildman–Crippen MR) is 85.7 cm³/mol. The van der Waals surface area contributed by atoms with E-state index in [1.54, 1.807) is 32.3 Å². The van der Waals surface area contributed by atoms with E-state index >= 15 is 0 Å². The molecule has 0 aromatic heterocycles. The number of alkyl halides is 1. The van der Waals surface area contributed by atoms with Crippen LogP contribution in [0.2, 0.25) is 5.02 Å². The van der Waals surface area contributed by atoms with Gasteiger partial charge in [0, 0.05) is 30.9 Å². The summed E-state index contributed by atoms with van der Waals surface area (Å²) in [6, 6.07) is 4.86. The Labute approximate surface area is 132 Å². The van der Waals surface area contributed by atoms with Crippen LogP contribution in [-0.4, -0.2) is 36.1 Å². The van der Waals surface area contributed by atoms with Gasteiger partial charge in [-0.1, -0.05) is 27.5 Å². The molecule has 0 spiro atoms. The van der Waals surface area contributed by atoms with Gasteiger partial charge in [-0.2, -0.15) is 0 Å². The first-order valence-corrected chi connectivity index (χ1v) is 7.82. The summed E-state index contributed by atoms with van der Waals surface area (Å²) in [5.74, 6) is -0.279. The van der Waals surface area contributed by atoms with Crippen LogP contribution in [0, 0.1) is 0 Å². The Hall–Kier alpha value is -1.07. The number of nitrogens with one attached hydrogen (secondary N) is 1. The molecule has 0 radical (unpaired) electrons. The average Bonchev–Trinajstić information content (AvgIpc) is 2.38. The van der Waals surface area contributed by atoms with E-state index in [4.69, 9.17) is 11.6 Å². The molecule has 0 atom stereocenters. The molecule has 1 aromatic rings. The highest BCUT2D eigenvalue weighted by Crippen LogP contribution is 2.22. The highest BCUT2D eigenvalue weighted by molar-refractivity contribution is 9.09. The Kier molecular flexibility index (Phi) is 7.02. The lowest BCUT2D eigenvalue weighted by Gasteiger charge is -2.15. The number of halogens is 2. The van der Waals surface area contributed by atoms with E-state index in [-0.39, 0.29) is 11.8 Å². The van der Waals surface area contributed by atoms with Crippen molar-refractivity contribution in [3.63, 3.8) is 0 Å². The molecule has 0 aliphatic rings. The zero-order valence-electron chi connectivity index (χ0n) is 11.6. The predicted octanol–water partition coefficient (Wildman–Crippen LogP) is 3.55. The first kappa shape index (κ1) is 17.0. The number of anilines is 1. The molecule has 0 saturated carbocycles. The van der Waals surface area contributed by atoms with Crippen molar-refractivity contribution in [1.29, 1.82) is 0 Å². The highest BCUT2D eigenvalue weighted by atomic mass is 79.9. The number of carbonyl (C=O) groups excluding carboxylic acids is 2. The number of rotatable bonds is 6. The third-order valence-corrected chi connectivity index (χ3v) is 3.48. The topological polar surface area (TPSA) is 49.4 Å². The van der Waals surface area contributed by atoms with E-state index in [9.17, 15) is 9.59 Å². The summed E-state index contributed by atoms with van der Waals surface area (Å²) in [4.78, 5) is 25.4. The van der Waals surface area contributed by atoms with E-state index in [1.807, 2.05) is 0 Å². The summed E-state index contributed by atoms with van der Waals surface area (Å²) in [5.41, 5.74) is 0.897. The normalized spacial score (nSPS) is 10.2. The number of benzene rings is 1. The van der Waals surface area contributed by atoms with Gasteiger partial charge < -0.3 is 10.2 Å². The SMILES string of the molecule is CN(C)C(=O)c1ccc(Cl)cc1NC(=O)CCCCBr. The molecule has 2 amide bonds. The Morgan fingerprint density at radius 1 is 1.30 bits per heavy atom. The second-order valence-corrected chi connectivity index (χ2v) is 5.81. The van der Waals surface area contributed by atoms with Gasteiger partial charge in [0.15, 0.2) is 0 Å². The molecule has 1 N–H and O–H groups in total. The van der Waals surface area contributed by atoms with Crippen LogP contribution in [0.1, 0.15) is 29.6 Å². The van der Waals surface area contributed by atoms with Crippen molar-refractivity contribution in [2.75, 3.05) is 24.7 Å². The van der Waals surface area contributed by atoms with Crippen molar-refractivity contribution in [3.8, 4) is 0 Å². The van der Waals surface area contributed by atoms with Crippen molar-refractivity contribution in [1.82, 2.24) is 4.90 Å². The number of unbranched alkanes of at least 4 members (excludes halogenated alkanes) is 1. The highest BCUT2D eigenvalue weighted by Gasteiger charge is 2.15. The fourth-order valence-corrected chi connectivity index (χ4v) is 2.21. The minimum absolute atomic E-state index is 0.110. The molecule has 1 aromatic carbocycles. The van der Waals surface area contributed by atoms with Gasteiger partial charge >= 0.3 is 0 Å². The lowest BCUT2D eigenvalue weighted by Crippen LogP contribution is -2.24. The van der Waals surface area contributed by atoms with Crippen LogP contribution < -0.4 is 5.32 Å². The second kappa shape index (κ2) is 8.27. The van der Waals surface area contributed by atoms with Gasteiger partial charge in [-0.15, -0.1) is 0 Å². The number of nitrogens with zero attached hydrogens (tertiary/aromatic N) is 1. The number of amides is 2. The largest absolute Gasteiger partial charge is 0.345 e. The lowest BCUT2D eigenvalue weighted by atomic mass is 10.1. The van der Waals surface area contributed by atoms with Crippen LogP contribution in [0.15, 0.2) is 18.2 Å². The van der Waals surface area contributed by atoms with Crippen LogP contribution in [0.4, 0.5) is 5.69 Å². The van der Waals surface area contributed by atoms with Crippen LogP contribution in [0.3, 0.4) is 0 Å². The molecule has 0 bridgehead atoms. The van der Waals surface area contributed by atoms with E-state index in [0.717, 1.165) is 18.2 Å². The van der Waals surface area contributed by atoms with Crippen LogP contribution in [-0.2, 0) is 4.79 Å². The number of carbonyl (C=O) groups is 2. The molecule has 0 saturated heterocycles. The zero-order valence-corrected chi connectivity index (χ0v) is 13.9. The Bertz CT molecular complexity index is 492. The van der Waals surface area contributed by atoms with Gasteiger partial charge in [0.1, 0.15) is 0 Å². The van der Waals surface area contributed by atoms with Crippen molar-refractivity contribution in [3.05, 3.63) is 28.8 Å². The molecule has 0 fully saturated rings. The van der Waals surface area contributed by atoms with E-state index in [2.05, 4.69) is 21.2 Å². The fraction of sp³-hybridized carbons (Fsp3) is 0.429. The van der Waals surface area contributed by atoms with Gasteiger partial charge in [-0.25, -0.2) is 0 Å². The molecule has 0 unspecified atom stereocenters. The maximum absolute atomic E-state index is 12.0. The first-order valence-electron chi connectivity index (χ1n) is 6.32. The van der Waals surface area contributed by atoms with E-state index in [0.29, 0.717) is 22.7 Å². The minimum Gasteiger partial charge on any atom is -0.345 e. The quantitative estimate of drug-likeness (QED) is 0.622. The minimum atomic E-state index is -0.169. The Morgan fingerprint density at radius 3 is 2.60 bits per heavy atom. The van der Waals surface area contributed by atoms with Gasteiger partial charge in [-0.3, -0.25) is 9.59 Å². The third-order valence-electron chi connectivity index (χ3n) is 2.68. The molecule has 6 heteroatoms. The molecule has 0 aliphatic heterocycles. The number of hydrogen-bond acceptors (Lipinski definition) is 2. The van der Waals surface area contributed by atoms with Crippen molar-refractivity contribution in [2.45, 2.75) is 19.3 Å². The Morgan fingerprint density at radius 2 is 2.00 bits per heavy atom. The van der Waals surface area contributed by atoms with E-state index < -0.39 is 0 Å². The molecule has 20 heavy (non-hydrogen) atoms. The summed E-state index contributed by atoms with van der Waals surface area (Å²) in [5, 5.41) is 4.12. The summed E-state index contributed by atoms with van der Waals surface area (Å²) in [6.45, 7) is 0. The van der Waals surface area contributed by atoms with Gasteiger partial charge in [0.05, 0.1) is 11.3 Å². The zero-order chi connectivity index (χ0) is 15.1. The number of hydrogen-bond donors (Lipinski definition) is 1. The second-order valence-electron chi connectivity index (χ2n) is 4.58. The first-order chi connectivity index (χ1) is 9.45. The van der Waals surface area contributed by atoms with Crippen LogP contribution in [0.25, 0.3) is 0 Å².